The molecule has 1 fully saturated rings. The first-order chi connectivity index (χ1) is 12.1. The van der Waals surface area contributed by atoms with E-state index in [1.165, 1.54) is 12.1 Å². The van der Waals surface area contributed by atoms with Crippen molar-refractivity contribution in [1.82, 2.24) is 9.88 Å². The third-order valence-electron chi connectivity index (χ3n) is 4.52. The van der Waals surface area contributed by atoms with E-state index in [0.717, 1.165) is 5.39 Å². The number of hydrogen-bond acceptors (Lipinski definition) is 3. The van der Waals surface area contributed by atoms with Crippen LogP contribution in [0, 0.1) is 11.7 Å². The van der Waals surface area contributed by atoms with E-state index in [4.69, 9.17) is 4.74 Å². The first-order valence-corrected chi connectivity index (χ1v) is 8.91. The van der Waals surface area contributed by atoms with Gasteiger partial charge in [-0.2, -0.15) is 0 Å². The summed E-state index contributed by atoms with van der Waals surface area (Å²) >= 11 is 0. The van der Waals surface area contributed by atoms with Crippen LogP contribution in [0.15, 0.2) is 24.4 Å². The van der Waals surface area contributed by atoms with E-state index in [2.05, 4.69) is 11.9 Å². The number of fused-ring (bicyclic) bond motifs is 1. The van der Waals surface area contributed by atoms with E-state index in [1.807, 2.05) is 0 Å². The Balaban J connectivity index is 1.91. The number of H-pyrrole nitrogens is 1. The van der Waals surface area contributed by atoms with Gasteiger partial charge in [0.15, 0.2) is 0 Å². The number of carbonyl (C=O) groups is 2. The van der Waals surface area contributed by atoms with Gasteiger partial charge in [0.25, 0.3) is 0 Å². The molecule has 0 aliphatic carbocycles. The Morgan fingerprint density at radius 1 is 1.35 bits per heavy atom. The van der Waals surface area contributed by atoms with Gasteiger partial charge in [-0.1, -0.05) is 6.92 Å². The molecule has 0 saturated carbocycles. The van der Waals surface area contributed by atoms with Crippen LogP contribution < -0.4 is 0 Å². The Hall–Kier alpha value is -2.37. The van der Waals surface area contributed by atoms with Crippen molar-refractivity contribution in [3.05, 3.63) is 35.8 Å². The van der Waals surface area contributed by atoms with Gasteiger partial charge in [-0.3, -0.25) is 9.59 Å². The zero-order valence-corrected chi connectivity index (χ0v) is 15.6. The first-order valence-electron chi connectivity index (χ1n) is 8.91. The molecule has 140 valence electrons. The van der Waals surface area contributed by atoms with Crippen LogP contribution in [0.1, 0.15) is 45.6 Å². The van der Waals surface area contributed by atoms with Crippen LogP contribution in [-0.2, 0) is 14.3 Å². The second-order valence-electron chi connectivity index (χ2n) is 8.13. The van der Waals surface area contributed by atoms with Crippen molar-refractivity contribution >= 4 is 22.8 Å². The maximum Gasteiger partial charge on any atom is 0.307 e. The Bertz CT molecular complexity index is 831. The first kappa shape index (κ1) is 18.4. The standard InChI is InChI=1S/C20H25FN2O3/c1-12-10-23(11-12)19(25)15(8-18(24)26-20(2,3)4)16-9-22-17-7-13(21)5-6-14(16)17/h5-7,9,12,15,22H,8,10-11H2,1-4H3. The fraction of sp³-hybridized carbons (Fsp3) is 0.500. The number of nitrogens with zero attached hydrogens (tertiary/aromatic N) is 1. The third kappa shape index (κ3) is 3.89. The van der Waals surface area contributed by atoms with Crippen LogP contribution in [0.25, 0.3) is 10.9 Å². The highest BCUT2D eigenvalue weighted by molar-refractivity contribution is 5.94. The van der Waals surface area contributed by atoms with Crippen molar-refractivity contribution in [2.75, 3.05) is 13.1 Å². The zero-order valence-electron chi connectivity index (χ0n) is 15.6. The fourth-order valence-corrected chi connectivity index (χ4v) is 3.39. The summed E-state index contributed by atoms with van der Waals surface area (Å²) in [4.78, 5) is 30.2. The summed E-state index contributed by atoms with van der Waals surface area (Å²) in [6.45, 7) is 8.87. The molecule has 1 aliphatic heterocycles. The molecule has 1 saturated heterocycles. The third-order valence-corrected chi connectivity index (χ3v) is 4.52. The summed E-state index contributed by atoms with van der Waals surface area (Å²) in [5.74, 6) is -1.02. The lowest BCUT2D eigenvalue weighted by atomic mass is 9.91. The van der Waals surface area contributed by atoms with Crippen LogP contribution in [0.3, 0.4) is 0 Å². The maximum atomic E-state index is 13.5. The van der Waals surface area contributed by atoms with Gasteiger partial charge in [0, 0.05) is 30.2 Å². The molecule has 1 aromatic carbocycles. The molecule has 2 heterocycles. The zero-order chi connectivity index (χ0) is 19.1. The minimum atomic E-state index is -0.642. The van der Waals surface area contributed by atoms with E-state index < -0.39 is 17.5 Å². The quantitative estimate of drug-likeness (QED) is 0.848. The van der Waals surface area contributed by atoms with E-state index in [1.54, 1.807) is 37.9 Å². The molecule has 1 aromatic heterocycles. The molecule has 5 nitrogen and oxygen atoms in total. The molecule has 3 rings (SSSR count). The second kappa shape index (κ2) is 6.74. The molecule has 1 aliphatic rings. The van der Waals surface area contributed by atoms with Crippen molar-refractivity contribution in [3.8, 4) is 0 Å². The van der Waals surface area contributed by atoms with Crippen LogP contribution >= 0.6 is 0 Å². The van der Waals surface area contributed by atoms with Crippen LogP contribution in [0.2, 0.25) is 0 Å². The van der Waals surface area contributed by atoms with Crippen molar-refractivity contribution in [1.29, 1.82) is 0 Å². The average molecular weight is 360 g/mol. The molecule has 1 N–H and O–H groups in total. The molecule has 1 unspecified atom stereocenters. The van der Waals surface area contributed by atoms with E-state index in [0.29, 0.717) is 30.1 Å². The number of esters is 1. The molecule has 1 atom stereocenters. The lowest BCUT2D eigenvalue weighted by molar-refractivity contribution is -0.157. The highest BCUT2D eigenvalue weighted by Crippen LogP contribution is 2.32. The molecule has 0 spiro atoms. The van der Waals surface area contributed by atoms with Gasteiger partial charge in [-0.15, -0.1) is 0 Å². The minimum Gasteiger partial charge on any atom is -0.460 e. The lowest BCUT2D eigenvalue weighted by Gasteiger charge is -2.39. The van der Waals surface area contributed by atoms with Gasteiger partial charge in [0.1, 0.15) is 11.4 Å². The number of rotatable bonds is 4. The van der Waals surface area contributed by atoms with Gasteiger partial charge in [0.2, 0.25) is 5.91 Å². The highest BCUT2D eigenvalue weighted by Gasteiger charge is 2.36. The Morgan fingerprint density at radius 3 is 2.65 bits per heavy atom. The van der Waals surface area contributed by atoms with Crippen molar-refractivity contribution < 1.29 is 18.7 Å². The van der Waals surface area contributed by atoms with Gasteiger partial charge < -0.3 is 14.6 Å². The summed E-state index contributed by atoms with van der Waals surface area (Å²) in [5, 5.41) is 0.752. The van der Waals surface area contributed by atoms with E-state index in [9.17, 15) is 14.0 Å². The average Bonchev–Trinajstić information content (AvgIpc) is 2.89. The lowest BCUT2D eigenvalue weighted by Crippen LogP contribution is -2.50. The summed E-state index contributed by atoms with van der Waals surface area (Å²) < 4.78 is 18.9. The predicted octanol–water partition coefficient (Wildman–Crippen LogP) is 3.60. The largest absolute Gasteiger partial charge is 0.460 e. The number of amides is 1. The number of ether oxygens (including phenoxy) is 1. The molecule has 6 heteroatoms. The summed E-state index contributed by atoms with van der Waals surface area (Å²) in [5.41, 5.74) is 0.702. The van der Waals surface area contributed by atoms with Gasteiger partial charge in [-0.25, -0.2) is 4.39 Å². The topological polar surface area (TPSA) is 62.4 Å². The molecule has 1 amide bonds. The van der Waals surface area contributed by atoms with Crippen LogP contribution in [0.4, 0.5) is 4.39 Å². The molecular weight excluding hydrogens is 335 g/mol. The monoisotopic (exact) mass is 360 g/mol. The minimum absolute atomic E-state index is 0.0364. The molecule has 2 aromatic rings. The van der Waals surface area contributed by atoms with Crippen molar-refractivity contribution in [2.45, 2.75) is 45.6 Å². The SMILES string of the molecule is CC1CN(C(=O)C(CC(=O)OC(C)(C)C)c2c[nH]c3cc(F)ccc23)C1. The molecular formula is C20H25FN2O3. The van der Waals surface area contributed by atoms with Crippen LogP contribution in [0.5, 0.6) is 0 Å². The second-order valence-corrected chi connectivity index (χ2v) is 8.13. The number of carbonyl (C=O) groups excluding carboxylic acids is 2. The predicted molar refractivity (Wildman–Crippen MR) is 97.2 cm³/mol. The number of likely N-dealkylation sites (tertiary alicyclic amines) is 1. The number of benzene rings is 1. The maximum absolute atomic E-state index is 13.5. The number of halogens is 1. The van der Waals surface area contributed by atoms with Crippen molar-refractivity contribution in [2.24, 2.45) is 5.92 Å². The Labute approximate surface area is 152 Å². The Morgan fingerprint density at radius 2 is 2.04 bits per heavy atom. The fourth-order valence-electron chi connectivity index (χ4n) is 3.39. The summed E-state index contributed by atoms with van der Waals surface area (Å²) in [6.07, 6.45) is 1.66. The number of aromatic nitrogens is 1. The molecule has 26 heavy (non-hydrogen) atoms. The summed E-state index contributed by atoms with van der Waals surface area (Å²) in [7, 11) is 0. The van der Waals surface area contributed by atoms with Gasteiger partial charge in [0.05, 0.1) is 12.3 Å². The number of nitrogens with one attached hydrogen (secondary N) is 1. The van der Waals surface area contributed by atoms with Crippen LogP contribution in [-0.4, -0.2) is 40.5 Å². The molecule has 0 radical (unpaired) electrons. The van der Waals surface area contributed by atoms with E-state index >= 15 is 0 Å². The highest BCUT2D eigenvalue weighted by atomic mass is 19.1. The van der Waals surface area contributed by atoms with Gasteiger partial charge in [-0.05, 0) is 50.5 Å². The number of aromatic amines is 1. The van der Waals surface area contributed by atoms with Crippen molar-refractivity contribution in [3.63, 3.8) is 0 Å². The van der Waals surface area contributed by atoms with E-state index in [-0.39, 0.29) is 18.1 Å². The smallest absolute Gasteiger partial charge is 0.307 e. The normalized spacial score (nSPS) is 16.4. The number of hydrogen-bond donors (Lipinski definition) is 1. The van der Waals surface area contributed by atoms with Gasteiger partial charge >= 0.3 is 5.97 Å². The Kier molecular flexibility index (Phi) is 4.78. The summed E-state index contributed by atoms with van der Waals surface area (Å²) in [6, 6.07) is 4.39. The molecule has 0 bridgehead atoms.